The van der Waals surface area contributed by atoms with Crippen LogP contribution in [-0.2, 0) is 0 Å². The second-order valence-corrected chi connectivity index (χ2v) is 10.7. The van der Waals surface area contributed by atoms with E-state index in [0.717, 1.165) is 75.6 Å². The second kappa shape index (κ2) is 11.4. The van der Waals surface area contributed by atoms with E-state index in [0.29, 0.717) is 40.9 Å². The van der Waals surface area contributed by atoms with Crippen LogP contribution in [0.4, 0.5) is 11.6 Å². The van der Waals surface area contributed by atoms with Gasteiger partial charge in [-0.2, -0.15) is 0 Å². The molecular weight excluding hydrogens is 511 g/mol. The highest BCUT2D eigenvalue weighted by molar-refractivity contribution is 6.33. The van der Waals surface area contributed by atoms with Crippen molar-refractivity contribution < 1.29 is 4.79 Å². The van der Waals surface area contributed by atoms with Gasteiger partial charge in [0.15, 0.2) is 0 Å². The number of rotatable bonds is 6. The van der Waals surface area contributed by atoms with Crippen molar-refractivity contribution in [1.29, 1.82) is 0 Å². The number of nitrogen functional groups attached to an aromatic ring is 1. The Bertz CT molecular complexity index is 1170. The van der Waals surface area contributed by atoms with Gasteiger partial charge >= 0.3 is 0 Å². The molecule has 2 aromatic heterocycles. The zero-order valence-corrected chi connectivity index (χ0v) is 22.7. The predicted molar refractivity (Wildman–Crippen MR) is 149 cm³/mol. The van der Waals surface area contributed by atoms with Crippen LogP contribution in [0.5, 0.6) is 0 Å². The van der Waals surface area contributed by atoms with Gasteiger partial charge in [-0.05, 0) is 37.5 Å². The van der Waals surface area contributed by atoms with Gasteiger partial charge in [-0.1, -0.05) is 36.5 Å². The first-order chi connectivity index (χ1) is 17.9. The number of amides is 1. The van der Waals surface area contributed by atoms with Crippen LogP contribution < -0.4 is 16.0 Å². The van der Waals surface area contributed by atoms with Crippen LogP contribution in [0.3, 0.4) is 0 Å². The lowest BCUT2D eigenvalue weighted by Gasteiger charge is -2.48. The van der Waals surface area contributed by atoms with Crippen molar-refractivity contribution in [1.82, 2.24) is 25.1 Å². The highest BCUT2D eigenvalue weighted by Gasteiger charge is 2.35. The first kappa shape index (κ1) is 26.0. The fraction of sp³-hybridized carbons (Fsp3) is 0.538. The number of carbonyl (C=O) groups is 1. The Morgan fingerprint density at radius 1 is 1.19 bits per heavy atom. The minimum atomic E-state index is -0.0713. The number of anilines is 2. The average Bonchev–Trinajstić information content (AvgIpc) is 3.44. The number of hydrogen-bond acceptors (Lipinski definition) is 8. The zero-order valence-electron chi connectivity index (χ0n) is 21.2. The van der Waals surface area contributed by atoms with Gasteiger partial charge in [-0.25, -0.2) is 9.97 Å². The number of nitrogens with two attached hydrogens (primary N) is 1. The van der Waals surface area contributed by atoms with E-state index in [1.807, 2.05) is 17.2 Å². The Balaban J connectivity index is 1.22. The lowest BCUT2D eigenvalue weighted by atomic mass is 9.97. The third kappa shape index (κ3) is 5.63. The van der Waals surface area contributed by atoms with Crippen molar-refractivity contribution in [2.75, 3.05) is 56.4 Å². The number of nitrogens with one attached hydrogen (secondary N) is 1. The average molecular weight is 546 g/mol. The quantitative estimate of drug-likeness (QED) is 0.537. The number of piperidine rings is 1. The molecule has 2 saturated heterocycles. The summed E-state index contributed by atoms with van der Waals surface area (Å²) in [5.41, 5.74) is 7.32. The molecule has 5 heterocycles. The Morgan fingerprint density at radius 2 is 2.00 bits per heavy atom. The van der Waals surface area contributed by atoms with Gasteiger partial charge in [0, 0.05) is 63.1 Å². The van der Waals surface area contributed by atoms with Crippen molar-refractivity contribution in [3.63, 3.8) is 0 Å². The Kier molecular flexibility index (Phi) is 8.02. The molecule has 5 rings (SSSR count). The lowest BCUT2D eigenvalue weighted by molar-refractivity contribution is 0.0481. The molecule has 11 heteroatoms. The molecule has 2 aromatic rings. The van der Waals surface area contributed by atoms with Crippen LogP contribution in [-0.4, -0.2) is 89.4 Å². The number of nitrogens with zero attached hydrogens (tertiary/aromatic N) is 6. The van der Waals surface area contributed by atoms with Gasteiger partial charge < -0.3 is 20.9 Å². The van der Waals surface area contributed by atoms with Crippen LogP contribution >= 0.6 is 23.2 Å². The summed E-state index contributed by atoms with van der Waals surface area (Å²) >= 11 is 12.6. The summed E-state index contributed by atoms with van der Waals surface area (Å²) in [6.45, 7) is 8.00. The summed E-state index contributed by atoms with van der Waals surface area (Å²) in [5.74, 6) is 1.83. The van der Waals surface area contributed by atoms with Crippen molar-refractivity contribution in [2.45, 2.75) is 44.7 Å². The summed E-state index contributed by atoms with van der Waals surface area (Å²) in [7, 11) is 0. The monoisotopic (exact) mass is 544 g/mol. The summed E-state index contributed by atoms with van der Waals surface area (Å²) in [6.07, 6.45) is 5.97. The number of halogens is 2. The molecule has 0 unspecified atom stereocenters. The molecule has 3 aliphatic heterocycles. The van der Waals surface area contributed by atoms with Crippen LogP contribution in [0, 0.1) is 0 Å². The molecule has 0 aliphatic carbocycles. The number of pyridine rings is 2. The fourth-order valence-electron chi connectivity index (χ4n) is 5.72. The summed E-state index contributed by atoms with van der Waals surface area (Å²) in [5, 5.41) is 4.24. The standard InChI is InChI=1S/C26H34Cl2N8O/c1-2-3-19-16-35(25-21(27)14-17(15-32-25)24-30-8-9-31-24)12-13-36(19)18-6-10-34(11-7-18)26(37)20-4-5-22(28)33-23(20)29/h4-5,14-15,18-19H,2-3,6-13,16H2,1H3,(H2,29,33)(H,30,31)/t19-/m0/s1. The number of hydrogen-bond donors (Lipinski definition) is 2. The van der Waals surface area contributed by atoms with Crippen LogP contribution in [0.25, 0.3) is 0 Å². The van der Waals surface area contributed by atoms with Gasteiger partial charge in [0.05, 0.1) is 17.1 Å². The van der Waals surface area contributed by atoms with Crippen LogP contribution in [0.1, 0.15) is 48.5 Å². The third-order valence-corrected chi connectivity index (χ3v) is 8.05. The Hall–Kier alpha value is -2.62. The largest absolute Gasteiger partial charge is 0.383 e. The minimum Gasteiger partial charge on any atom is -0.383 e. The smallest absolute Gasteiger partial charge is 0.257 e. The van der Waals surface area contributed by atoms with E-state index in [-0.39, 0.29) is 11.7 Å². The van der Waals surface area contributed by atoms with Gasteiger partial charge in [0.25, 0.3) is 5.91 Å². The van der Waals surface area contributed by atoms with Gasteiger partial charge in [0.2, 0.25) is 0 Å². The number of aromatic nitrogens is 2. The Morgan fingerprint density at radius 3 is 2.68 bits per heavy atom. The number of carbonyl (C=O) groups excluding carboxylic acids is 1. The molecule has 0 spiro atoms. The van der Waals surface area contributed by atoms with E-state index < -0.39 is 0 Å². The maximum atomic E-state index is 13.0. The fourth-order valence-corrected chi connectivity index (χ4v) is 6.16. The number of piperazine rings is 1. The Labute approximate surface area is 228 Å². The highest BCUT2D eigenvalue weighted by atomic mass is 35.5. The molecule has 3 N–H and O–H groups in total. The molecule has 3 aliphatic rings. The van der Waals surface area contributed by atoms with Crippen molar-refractivity contribution in [3.05, 3.63) is 45.7 Å². The molecule has 0 bridgehead atoms. The van der Waals surface area contributed by atoms with E-state index >= 15 is 0 Å². The topological polar surface area (TPSA) is 103 Å². The van der Waals surface area contributed by atoms with Gasteiger partial charge in [-0.15, -0.1) is 0 Å². The minimum absolute atomic E-state index is 0.0713. The van der Waals surface area contributed by atoms with Crippen molar-refractivity contribution in [3.8, 4) is 0 Å². The van der Waals surface area contributed by atoms with Crippen LogP contribution in [0.15, 0.2) is 29.4 Å². The van der Waals surface area contributed by atoms with E-state index in [4.69, 9.17) is 33.9 Å². The summed E-state index contributed by atoms with van der Waals surface area (Å²) in [6, 6.07) is 6.11. The number of likely N-dealkylation sites (tertiary alicyclic amines) is 1. The normalized spacial score (nSPS) is 21.2. The summed E-state index contributed by atoms with van der Waals surface area (Å²) < 4.78 is 0. The predicted octanol–water partition coefficient (Wildman–Crippen LogP) is 3.31. The van der Waals surface area contributed by atoms with E-state index in [9.17, 15) is 4.79 Å². The molecule has 37 heavy (non-hydrogen) atoms. The second-order valence-electron chi connectivity index (χ2n) is 9.90. The van der Waals surface area contributed by atoms with E-state index in [1.54, 1.807) is 12.1 Å². The number of amidine groups is 1. The molecule has 1 atom stereocenters. The first-order valence-electron chi connectivity index (χ1n) is 13.1. The maximum Gasteiger partial charge on any atom is 0.257 e. The van der Waals surface area contributed by atoms with Crippen molar-refractivity contribution >= 4 is 46.6 Å². The van der Waals surface area contributed by atoms with Gasteiger partial charge in [-0.3, -0.25) is 14.7 Å². The van der Waals surface area contributed by atoms with Gasteiger partial charge in [0.1, 0.15) is 22.6 Å². The van der Waals surface area contributed by atoms with Crippen molar-refractivity contribution in [2.24, 2.45) is 4.99 Å². The highest BCUT2D eigenvalue weighted by Crippen LogP contribution is 2.30. The lowest BCUT2D eigenvalue weighted by Crippen LogP contribution is -2.59. The third-order valence-electron chi connectivity index (χ3n) is 7.56. The first-order valence-corrected chi connectivity index (χ1v) is 13.9. The summed E-state index contributed by atoms with van der Waals surface area (Å²) in [4.78, 5) is 33.1. The number of aliphatic imine (C=N–C) groups is 1. The molecule has 198 valence electrons. The zero-order chi connectivity index (χ0) is 25.9. The van der Waals surface area contributed by atoms with E-state index in [2.05, 4.69) is 32.0 Å². The molecule has 0 saturated carbocycles. The molecule has 0 aromatic carbocycles. The molecular formula is C26H34Cl2N8O. The molecule has 0 radical (unpaired) electrons. The molecule has 1 amide bonds. The molecule has 2 fully saturated rings. The van der Waals surface area contributed by atoms with E-state index in [1.165, 1.54) is 0 Å². The SMILES string of the molecule is CCC[C@H]1CN(c2ncc(C3=NCCN3)cc2Cl)CCN1C1CCN(C(=O)c2ccc(Cl)nc2N)CC1. The molecule has 9 nitrogen and oxygen atoms in total. The maximum absolute atomic E-state index is 13.0. The van der Waals surface area contributed by atoms with Crippen LogP contribution in [0.2, 0.25) is 10.2 Å².